The molecule has 2 fully saturated rings. The van der Waals surface area contributed by atoms with E-state index in [2.05, 4.69) is 78.9 Å². The monoisotopic (exact) mass is 460 g/mol. The molecular weight excluding hydrogens is 412 g/mol. The summed E-state index contributed by atoms with van der Waals surface area (Å²) in [5, 5.41) is 0. The molecular formula is C32H48Si. The molecule has 0 spiro atoms. The van der Waals surface area contributed by atoms with Crippen LogP contribution < -0.4 is 0 Å². The van der Waals surface area contributed by atoms with E-state index in [4.69, 9.17) is 0 Å². The molecule has 0 heterocycles. The molecule has 0 radical (unpaired) electrons. The molecule has 0 bridgehead atoms. The third-order valence-electron chi connectivity index (χ3n) is 11.4. The maximum absolute atomic E-state index is 2.83. The van der Waals surface area contributed by atoms with E-state index in [0.29, 0.717) is 10.8 Å². The van der Waals surface area contributed by atoms with Crippen LogP contribution >= 0.6 is 0 Å². The molecule has 0 aromatic carbocycles. The molecule has 8 atom stereocenters. The topological polar surface area (TPSA) is 0 Å². The molecule has 6 aliphatic rings. The van der Waals surface area contributed by atoms with Gasteiger partial charge in [0.1, 0.15) is 0 Å². The number of rotatable bonds is 2. The Morgan fingerprint density at radius 3 is 1.45 bits per heavy atom. The van der Waals surface area contributed by atoms with Crippen LogP contribution in [-0.2, 0) is 0 Å². The van der Waals surface area contributed by atoms with E-state index in [0.717, 1.165) is 46.6 Å². The summed E-state index contributed by atoms with van der Waals surface area (Å²) in [6.45, 7) is 20.9. The van der Waals surface area contributed by atoms with Gasteiger partial charge in [0.15, 0.2) is 0 Å². The van der Waals surface area contributed by atoms with Crippen molar-refractivity contribution < 1.29 is 0 Å². The first kappa shape index (κ1) is 22.6. The van der Waals surface area contributed by atoms with Gasteiger partial charge < -0.3 is 0 Å². The highest BCUT2D eigenvalue weighted by atomic mass is 28.3. The molecule has 33 heavy (non-hydrogen) atoms. The van der Waals surface area contributed by atoms with Crippen molar-refractivity contribution in [3.63, 3.8) is 0 Å². The molecule has 0 N–H and O–H groups in total. The Hall–Kier alpha value is -0.823. The maximum Gasteiger partial charge on any atom is 0.0553 e. The zero-order chi connectivity index (χ0) is 23.5. The van der Waals surface area contributed by atoms with Crippen molar-refractivity contribution in [1.29, 1.82) is 0 Å². The Kier molecular flexibility index (Phi) is 4.88. The molecule has 0 aliphatic heterocycles. The van der Waals surface area contributed by atoms with Crippen LogP contribution in [-0.4, -0.2) is 8.07 Å². The molecule has 1 heteroatoms. The first-order chi connectivity index (χ1) is 15.4. The van der Waals surface area contributed by atoms with Crippen molar-refractivity contribution >= 4 is 8.07 Å². The van der Waals surface area contributed by atoms with E-state index in [1.165, 1.54) is 38.5 Å². The van der Waals surface area contributed by atoms with Crippen molar-refractivity contribution in [2.45, 2.75) is 104 Å². The molecule has 180 valence electrons. The Labute approximate surface area is 205 Å². The van der Waals surface area contributed by atoms with E-state index >= 15 is 0 Å². The zero-order valence-corrected chi connectivity index (χ0v) is 23.7. The Morgan fingerprint density at radius 1 is 0.667 bits per heavy atom. The summed E-state index contributed by atoms with van der Waals surface area (Å²) in [7, 11) is -1.49. The quantitative estimate of drug-likeness (QED) is 0.360. The predicted molar refractivity (Wildman–Crippen MR) is 145 cm³/mol. The average Bonchev–Trinajstić information content (AvgIpc) is 3.38. The fraction of sp³-hybridized carbons (Fsp3) is 0.750. The lowest BCUT2D eigenvalue weighted by Gasteiger charge is -2.46. The van der Waals surface area contributed by atoms with Gasteiger partial charge in [0, 0.05) is 0 Å². The van der Waals surface area contributed by atoms with Crippen LogP contribution in [0.4, 0.5) is 0 Å². The summed E-state index contributed by atoms with van der Waals surface area (Å²) in [5.41, 5.74) is 10.1. The second-order valence-corrected chi connectivity index (χ2v) is 20.5. The van der Waals surface area contributed by atoms with Crippen LogP contribution in [0, 0.1) is 46.3 Å². The van der Waals surface area contributed by atoms with Gasteiger partial charge in [-0.05, 0) is 107 Å². The highest BCUT2D eigenvalue weighted by molar-refractivity contribution is 6.80. The van der Waals surface area contributed by atoms with Gasteiger partial charge >= 0.3 is 0 Å². The van der Waals surface area contributed by atoms with Crippen molar-refractivity contribution in [3.05, 3.63) is 46.6 Å². The van der Waals surface area contributed by atoms with Gasteiger partial charge in [-0.25, -0.2) is 0 Å². The second-order valence-electron chi connectivity index (χ2n) is 15.5. The molecule has 0 amide bonds. The number of fused-ring (bicyclic) bond motifs is 4. The highest BCUT2D eigenvalue weighted by Gasteiger charge is 2.59. The van der Waals surface area contributed by atoms with Gasteiger partial charge in [0.25, 0.3) is 0 Å². The average molecular weight is 461 g/mol. The van der Waals surface area contributed by atoms with Gasteiger partial charge in [-0.3, -0.25) is 0 Å². The van der Waals surface area contributed by atoms with Crippen LogP contribution in [0.1, 0.15) is 80.1 Å². The van der Waals surface area contributed by atoms with E-state index < -0.39 is 8.07 Å². The number of allylic oxidation sites excluding steroid dienone is 8. The molecule has 0 aromatic rings. The first-order valence-corrected chi connectivity index (χ1v) is 17.3. The van der Waals surface area contributed by atoms with Gasteiger partial charge in [-0.2, -0.15) is 0 Å². The van der Waals surface area contributed by atoms with Crippen molar-refractivity contribution in [3.8, 4) is 0 Å². The largest absolute Gasteiger partial charge is 0.0805 e. The van der Waals surface area contributed by atoms with Crippen molar-refractivity contribution in [1.82, 2.24) is 0 Å². The minimum Gasteiger partial charge on any atom is -0.0805 e. The third kappa shape index (κ3) is 3.34. The fourth-order valence-electron chi connectivity index (χ4n) is 10.8. The molecule has 0 aromatic heterocycles. The van der Waals surface area contributed by atoms with Crippen LogP contribution in [0.15, 0.2) is 46.6 Å². The highest BCUT2D eigenvalue weighted by Crippen LogP contribution is 2.66. The zero-order valence-electron chi connectivity index (χ0n) is 22.7. The van der Waals surface area contributed by atoms with E-state index in [9.17, 15) is 0 Å². The Balaban J connectivity index is 1.29. The van der Waals surface area contributed by atoms with Crippen LogP contribution in [0.2, 0.25) is 24.2 Å². The molecule has 2 saturated carbocycles. The van der Waals surface area contributed by atoms with Crippen molar-refractivity contribution in [2.24, 2.45) is 46.3 Å². The van der Waals surface area contributed by atoms with Gasteiger partial charge in [-0.1, -0.05) is 90.1 Å². The summed E-state index contributed by atoms with van der Waals surface area (Å²) in [6, 6.07) is 0. The summed E-state index contributed by atoms with van der Waals surface area (Å²) >= 11 is 0. The molecule has 6 rings (SSSR count). The summed E-state index contributed by atoms with van der Waals surface area (Å²) in [4.78, 5) is 0. The molecule has 0 nitrogen and oxygen atoms in total. The van der Waals surface area contributed by atoms with Gasteiger partial charge in [0.2, 0.25) is 0 Å². The minimum absolute atomic E-state index is 0.485. The first-order valence-electron chi connectivity index (χ1n) is 14.2. The minimum atomic E-state index is -1.49. The second kappa shape index (κ2) is 7.11. The third-order valence-corrected chi connectivity index (χ3v) is 16.7. The standard InChI is InChI=1S/C32H48Si/c1-19-13-25-23(11-9-21-15-31(3,4)17-27(21)25)29(19)33(7,8)30-20(2)14-26-24(30)12-10-22-16-32(5,6)18-28(22)26/h9-12,19-20,23-26,29-30H,13-18H2,1-8H3. The van der Waals surface area contributed by atoms with Crippen molar-refractivity contribution in [2.75, 3.05) is 0 Å². The van der Waals surface area contributed by atoms with Gasteiger partial charge in [-0.15, -0.1) is 0 Å². The molecule has 6 aliphatic carbocycles. The predicted octanol–water partition coefficient (Wildman–Crippen LogP) is 9.35. The van der Waals surface area contributed by atoms with Gasteiger partial charge in [0.05, 0.1) is 8.07 Å². The number of hydrogen-bond donors (Lipinski definition) is 0. The Morgan fingerprint density at radius 2 is 1.06 bits per heavy atom. The van der Waals surface area contributed by atoms with Crippen LogP contribution in [0.25, 0.3) is 0 Å². The lowest BCUT2D eigenvalue weighted by Crippen LogP contribution is -2.45. The molecule has 0 saturated heterocycles. The maximum atomic E-state index is 2.83. The smallest absolute Gasteiger partial charge is 0.0553 e. The van der Waals surface area contributed by atoms with Crippen LogP contribution in [0.5, 0.6) is 0 Å². The lowest BCUT2D eigenvalue weighted by atomic mass is 9.81. The summed E-state index contributed by atoms with van der Waals surface area (Å²) in [5.74, 6) is 5.15. The SMILES string of the molecule is CC1CC2C3=C(C=CC2C1[Si](C)(C)C1C(C)CC2C4=C(C=CC21)CC(C)(C)C4)CC(C)(C)C3. The summed E-state index contributed by atoms with van der Waals surface area (Å²) < 4.78 is 0. The van der Waals surface area contributed by atoms with E-state index in [1.54, 1.807) is 11.1 Å². The van der Waals surface area contributed by atoms with E-state index in [1.807, 2.05) is 11.1 Å². The fourth-order valence-corrected chi connectivity index (χ4v) is 17.1. The lowest BCUT2D eigenvalue weighted by molar-refractivity contribution is 0.374. The summed E-state index contributed by atoms with van der Waals surface area (Å²) in [6.07, 6.45) is 18.9. The number of hydrogen-bond acceptors (Lipinski definition) is 0. The normalized spacial score (nSPS) is 44.8. The van der Waals surface area contributed by atoms with Crippen LogP contribution in [0.3, 0.4) is 0 Å². The van der Waals surface area contributed by atoms with E-state index in [-0.39, 0.29) is 0 Å². The molecule has 8 unspecified atom stereocenters. The Bertz CT molecular complexity index is 904.